The van der Waals surface area contributed by atoms with Crippen molar-refractivity contribution in [3.63, 3.8) is 0 Å². The molecule has 5 heteroatoms. The second-order valence-corrected chi connectivity index (χ2v) is 5.23. The fourth-order valence-electron chi connectivity index (χ4n) is 2.72. The van der Waals surface area contributed by atoms with E-state index in [0.717, 1.165) is 12.8 Å². The van der Waals surface area contributed by atoms with Crippen LogP contribution < -0.4 is 5.43 Å². The maximum absolute atomic E-state index is 13.4. The van der Waals surface area contributed by atoms with Gasteiger partial charge in [0.05, 0.1) is 11.9 Å². The van der Waals surface area contributed by atoms with Crippen LogP contribution in [0.15, 0.2) is 23.0 Å². The Morgan fingerprint density at radius 1 is 1.45 bits per heavy atom. The van der Waals surface area contributed by atoms with Gasteiger partial charge in [-0.25, -0.2) is 4.39 Å². The third kappa shape index (κ3) is 1.99. The van der Waals surface area contributed by atoms with Crippen molar-refractivity contribution < 1.29 is 14.3 Å². The zero-order chi connectivity index (χ0) is 14.4. The number of carboxylic acids is 1. The Kier molecular flexibility index (Phi) is 2.85. The summed E-state index contributed by atoms with van der Waals surface area (Å²) in [5.41, 5.74) is 1.24. The lowest BCUT2D eigenvalue weighted by Gasteiger charge is -2.17. The fourth-order valence-corrected chi connectivity index (χ4v) is 2.72. The van der Waals surface area contributed by atoms with Gasteiger partial charge in [0, 0.05) is 22.7 Å². The Labute approximate surface area is 114 Å². The lowest BCUT2D eigenvalue weighted by molar-refractivity contribution is -0.136. The predicted molar refractivity (Wildman–Crippen MR) is 72.5 cm³/mol. The molecule has 0 amide bonds. The fraction of sp³-hybridized carbons (Fsp3) is 0.333. The molecule has 1 aromatic carbocycles. The van der Waals surface area contributed by atoms with E-state index < -0.39 is 11.8 Å². The molecule has 2 aromatic rings. The van der Waals surface area contributed by atoms with E-state index in [1.54, 1.807) is 13.0 Å². The van der Waals surface area contributed by atoms with Crippen LogP contribution in [0.25, 0.3) is 10.9 Å². The molecule has 1 aliphatic rings. The smallest absolute Gasteiger partial charge is 0.308 e. The highest BCUT2D eigenvalue weighted by Gasteiger charge is 2.28. The average molecular weight is 275 g/mol. The van der Waals surface area contributed by atoms with Crippen LogP contribution in [0.5, 0.6) is 0 Å². The molecule has 104 valence electrons. The molecular formula is C15H14FNO3. The molecule has 1 heterocycles. The molecule has 1 N–H and O–H groups in total. The highest BCUT2D eigenvalue weighted by Crippen LogP contribution is 2.38. The molecule has 0 atom stereocenters. The number of pyridine rings is 1. The summed E-state index contributed by atoms with van der Waals surface area (Å²) in [7, 11) is 0. The maximum Gasteiger partial charge on any atom is 0.308 e. The zero-order valence-corrected chi connectivity index (χ0v) is 11.0. The van der Waals surface area contributed by atoms with Gasteiger partial charge in [0.25, 0.3) is 0 Å². The molecule has 0 radical (unpaired) electrons. The molecular weight excluding hydrogens is 261 g/mol. The van der Waals surface area contributed by atoms with Gasteiger partial charge < -0.3 is 9.67 Å². The van der Waals surface area contributed by atoms with Gasteiger partial charge in [-0.2, -0.15) is 0 Å². The second-order valence-electron chi connectivity index (χ2n) is 5.23. The van der Waals surface area contributed by atoms with Crippen LogP contribution in [0.2, 0.25) is 0 Å². The van der Waals surface area contributed by atoms with Gasteiger partial charge >= 0.3 is 5.97 Å². The molecule has 0 saturated heterocycles. The van der Waals surface area contributed by atoms with Crippen molar-refractivity contribution in [2.75, 3.05) is 0 Å². The quantitative estimate of drug-likeness (QED) is 0.935. The molecule has 0 unspecified atom stereocenters. The van der Waals surface area contributed by atoms with Crippen LogP contribution in [0.1, 0.15) is 30.1 Å². The van der Waals surface area contributed by atoms with Gasteiger partial charge in [-0.05, 0) is 38.0 Å². The largest absolute Gasteiger partial charge is 0.481 e. The van der Waals surface area contributed by atoms with E-state index in [1.165, 1.54) is 12.1 Å². The Bertz CT molecular complexity index is 775. The Balaban J connectivity index is 2.39. The first-order valence-electron chi connectivity index (χ1n) is 6.54. The van der Waals surface area contributed by atoms with Crippen LogP contribution in [0, 0.1) is 12.7 Å². The summed E-state index contributed by atoms with van der Waals surface area (Å²) in [6.07, 6.45) is 1.68. The normalized spacial score (nSPS) is 14.7. The van der Waals surface area contributed by atoms with E-state index in [9.17, 15) is 14.0 Å². The molecule has 20 heavy (non-hydrogen) atoms. The van der Waals surface area contributed by atoms with E-state index in [-0.39, 0.29) is 28.8 Å². The van der Waals surface area contributed by atoms with E-state index in [4.69, 9.17) is 5.11 Å². The summed E-state index contributed by atoms with van der Waals surface area (Å²) in [4.78, 5) is 23.3. The van der Waals surface area contributed by atoms with E-state index in [2.05, 4.69) is 0 Å². The topological polar surface area (TPSA) is 59.3 Å². The van der Waals surface area contributed by atoms with Gasteiger partial charge in [0.2, 0.25) is 0 Å². The number of carboxylic acid groups (broad SMARTS) is 1. The van der Waals surface area contributed by atoms with Crippen LogP contribution in [-0.4, -0.2) is 15.6 Å². The standard InChI is InChI=1S/C15H14FNO3/c1-8-11(7-14(18)19)15(20)12-6-9(16)2-5-13(12)17(8)10-3-4-10/h2,5-6,10H,3-4,7H2,1H3,(H,18,19). The summed E-state index contributed by atoms with van der Waals surface area (Å²) in [6.45, 7) is 1.76. The monoisotopic (exact) mass is 275 g/mol. The zero-order valence-electron chi connectivity index (χ0n) is 11.0. The van der Waals surface area contributed by atoms with E-state index in [0.29, 0.717) is 11.2 Å². The molecule has 3 rings (SSSR count). The van der Waals surface area contributed by atoms with Crippen molar-refractivity contribution in [2.24, 2.45) is 0 Å². The van der Waals surface area contributed by atoms with Crippen molar-refractivity contribution in [3.05, 3.63) is 45.5 Å². The van der Waals surface area contributed by atoms with Crippen molar-refractivity contribution in [3.8, 4) is 0 Å². The molecule has 0 bridgehead atoms. The first-order valence-corrected chi connectivity index (χ1v) is 6.54. The lowest BCUT2D eigenvalue weighted by Crippen LogP contribution is -2.21. The number of benzene rings is 1. The Morgan fingerprint density at radius 3 is 2.75 bits per heavy atom. The van der Waals surface area contributed by atoms with E-state index in [1.807, 2.05) is 4.57 Å². The molecule has 1 aliphatic carbocycles. The minimum Gasteiger partial charge on any atom is -0.481 e. The minimum absolute atomic E-state index is 0.252. The summed E-state index contributed by atoms with van der Waals surface area (Å²) in [5, 5.41) is 9.23. The number of halogens is 1. The number of nitrogens with zero attached hydrogens (tertiary/aromatic N) is 1. The molecule has 1 aromatic heterocycles. The van der Waals surface area contributed by atoms with Crippen molar-refractivity contribution >= 4 is 16.9 Å². The van der Waals surface area contributed by atoms with Crippen molar-refractivity contribution in [2.45, 2.75) is 32.2 Å². The SMILES string of the molecule is Cc1c(CC(=O)O)c(=O)c2cc(F)ccc2n1C1CC1. The minimum atomic E-state index is -1.05. The van der Waals surface area contributed by atoms with Crippen LogP contribution in [0.3, 0.4) is 0 Å². The van der Waals surface area contributed by atoms with Gasteiger partial charge in [0.15, 0.2) is 5.43 Å². The van der Waals surface area contributed by atoms with Crippen molar-refractivity contribution in [1.82, 2.24) is 4.57 Å². The molecule has 0 aliphatic heterocycles. The first kappa shape index (κ1) is 12.8. The van der Waals surface area contributed by atoms with Gasteiger partial charge in [-0.15, -0.1) is 0 Å². The predicted octanol–water partition coefficient (Wildman–Crippen LogP) is 2.41. The summed E-state index contributed by atoms with van der Waals surface area (Å²) >= 11 is 0. The van der Waals surface area contributed by atoms with Gasteiger partial charge in [-0.1, -0.05) is 0 Å². The summed E-state index contributed by atoms with van der Waals surface area (Å²) in [6, 6.07) is 4.41. The molecule has 1 saturated carbocycles. The van der Waals surface area contributed by atoms with Crippen LogP contribution in [-0.2, 0) is 11.2 Å². The third-order valence-corrected chi connectivity index (χ3v) is 3.77. The Hall–Kier alpha value is -2.17. The number of fused-ring (bicyclic) bond motifs is 1. The number of carbonyl (C=O) groups is 1. The van der Waals surface area contributed by atoms with Crippen molar-refractivity contribution in [1.29, 1.82) is 0 Å². The second kappa shape index (κ2) is 4.44. The average Bonchev–Trinajstić information content (AvgIpc) is 3.20. The number of rotatable bonds is 3. The molecule has 0 spiro atoms. The summed E-state index contributed by atoms with van der Waals surface area (Å²) < 4.78 is 15.4. The third-order valence-electron chi connectivity index (χ3n) is 3.77. The van der Waals surface area contributed by atoms with Crippen LogP contribution >= 0.6 is 0 Å². The van der Waals surface area contributed by atoms with Gasteiger partial charge in [0.1, 0.15) is 5.82 Å². The Morgan fingerprint density at radius 2 is 2.15 bits per heavy atom. The number of aliphatic carboxylic acids is 1. The van der Waals surface area contributed by atoms with Gasteiger partial charge in [-0.3, -0.25) is 9.59 Å². The number of hydrogen-bond donors (Lipinski definition) is 1. The highest BCUT2D eigenvalue weighted by atomic mass is 19.1. The van der Waals surface area contributed by atoms with E-state index >= 15 is 0 Å². The molecule has 4 nitrogen and oxygen atoms in total. The maximum atomic E-state index is 13.4. The highest BCUT2D eigenvalue weighted by molar-refractivity contribution is 5.82. The number of aromatic nitrogens is 1. The lowest BCUT2D eigenvalue weighted by atomic mass is 10.0. The number of hydrogen-bond acceptors (Lipinski definition) is 2. The van der Waals surface area contributed by atoms with Crippen LogP contribution in [0.4, 0.5) is 4.39 Å². The molecule has 1 fully saturated rings. The summed E-state index contributed by atoms with van der Waals surface area (Å²) in [5.74, 6) is -1.54. The first-order chi connectivity index (χ1) is 9.49.